The molecule has 1 aliphatic rings. The Kier molecular flexibility index (Phi) is 4.16. The number of hydrogen-bond acceptors (Lipinski definition) is 2. The molecule has 0 saturated carbocycles. The van der Waals surface area contributed by atoms with E-state index in [1.807, 2.05) is 58.9 Å². The molecular formula is C18H26O3. The fourth-order valence-electron chi connectivity index (χ4n) is 3.71. The van der Waals surface area contributed by atoms with Crippen molar-refractivity contribution in [3.05, 3.63) is 35.4 Å². The summed E-state index contributed by atoms with van der Waals surface area (Å²) in [5.41, 5.74) is 1.60. The monoisotopic (exact) mass is 290 g/mol. The molecule has 0 aliphatic carbocycles. The number of ether oxygens (including phenoxy) is 1. The van der Waals surface area contributed by atoms with E-state index in [-0.39, 0.29) is 11.5 Å². The average Bonchev–Trinajstić information content (AvgIpc) is 2.55. The fraction of sp³-hybridized carbons (Fsp3) is 0.611. The van der Waals surface area contributed by atoms with Gasteiger partial charge in [0.05, 0.1) is 17.1 Å². The molecule has 1 aromatic carbocycles. The molecule has 116 valence electrons. The minimum atomic E-state index is -0.724. The Morgan fingerprint density at radius 3 is 2.43 bits per heavy atom. The molecule has 0 amide bonds. The Morgan fingerprint density at radius 2 is 1.95 bits per heavy atom. The molecule has 2 rings (SSSR count). The van der Waals surface area contributed by atoms with Crippen LogP contribution in [-0.4, -0.2) is 22.3 Å². The van der Waals surface area contributed by atoms with Crippen molar-refractivity contribution in [3.8, 4) is 0 Å². The molecule has 0 bridgehead atoms. The first-order valence-corrected chi connectivity index (χ1v) is 7.60. The quantitative estimate of drug-likeness (QED) is 0.916. The number of aliphatic carboxylic acids is 1. The van der Waals surface area contributed by atoms with Gasteiger partial charge in [0.25, 0.3) is 0 Å². The molecule has 3 nitrogen and oxygen atoms in total. The summed E-state index contributed by atoms with van der Waals surface area (Å²) < 4.78 is 6.08. The molecule has 2 atom stereocenters. The van der Waals surface area contributed by atoms with E-state index in [0.717, 1.165) is 17.5 Å². The van der Waals surface area contributed by atoms with E-state index in [1.165, 1.54) is 0 Å². The molecule has 0 spiro atoms. The molecule has 1 heterocycles. The zero-order valence-electron chi connectivity index (χ0n) is 13.6. The maximum atomic E-state index is 11.8. The number of hydrogen-bond donors (Lipinski definition) is 1. The van der Waals surface area contributed by atoms with Gasteiger partial charge in [-0.25, -0.2) is 0 Å². The highest BCUT2D eigenvalue weighted by atomic mass is 16.5. The Hall–Kier alpha value is -1.35. The number of rotatable bonds is 4. The van der Waals surface area contributed by atoms with E-state index in [1.54, 1.807) is 0 Å². The second-order valence-electron chi connectivity index (χ2n) is 7.35. The fourth-order valence-corrected chi connectivity index (χ4v) is 3.71. The highest BCUT2D eigenvalue weighted by molar-refractivity contribution is 5.71. The first-order valence-electron chi connectivity index (χ1n) is 7.60. The lowest BCUT2D eigenvalue weighted by Gasteiger charge is -2.31. The SMILES string of the molecule is Cc1ccccc1CC(C(=O)O)C1CC(C)(C)OC1(C)C. The van der Waals surface area contributed by atoms with Gasteiger partial charge in [0, 0.05) is 5.92 Å². The molecule has 1 aromatic rings. The number of aryl methyl sites for hydroxylation is 1. The number of benzene rings is 1. The highest BCUT2D eigenvalue weighted by Gasteiger charge is 2.50. The number of carbonyl (C=O) groups is 1. The van der Waals surface area contributed by atoms with E-state index in [4.69, 9.17) is 4.74 Å². The normalized spacial score (nSPS) is 24.7. The van der Waals surface area contributed by atoms with Crippen molar-refractivity contribution in [2.45, 2.75) is 58.7 Å². The molecular weight excluding hydrogens is 264 g/mol. The lowest BCUT2D eigenvalue weighted by molar-refractivity contribution is -0.147. The van der Waals surface area contributed by atoms with E-state index in [2.05, 4.69) is 0 Å². The van der Waals surface area contributed by atoms with Crippen LogP contribution in [0.5, 0.6) is 0 Å². The molecule has 21 heavy (non-hydrogen) atoms. The van der Waals surface area contributed by atoms with Gasteiger partial charge in [-0.2, -0.15) is 0 Å². The van der Waals surface area contributed by atoms with Crippen LogP contribution in [0.1, 0.15) is 45.2 Å². The Bertz CT molecular complexity index is 531. The van der Waals surface area contributed by atoms with Crippen molar-refractivity contribution in [2.75, 3.05) is 0 Å². The lowest BCUT2D eigenvalue weighted by atomic mass is 9.75. The van der Waals surface area contributed by atoms with Gasteiger partial charge in [0.1, 0.15) is 0 Å². The van der Waals surface area contributed by atoms with Gasteiger partial charge in [0.15, 0.2) is 0 Å². The van der Waals surface area contributed by atoms with Crippen LogP contribution in [0.25, 0.3) is 0 Å². The van der Waals surface area contributed by atoms with Gasteiger partial charge >= 0.3 is 5.97 Å². The maximum Gasteiger partial charge on any atom is 0.307 e. The summed E-state index contributed by atoms with van der Waals surface area (Å²) in [6.07, 6.45) is 1.35. The summed E-state index contributed by atoms with van der Waals surface area (Å²) in [5.74, 6) is -1.12. The third-order valence-electron chi connectivity index (χ3n) is 4.65. The first kappa shape index (κ1) is 16.0. The van der Waals surface area contributed by atoms with Crippen LogP contribution < -0.4 is 0 Å². The van der Waals surface area contributed by atoms with Gasteiger partial charge in [-0.3, -0.25) is 4.79 Å². The van der Waals surface area contributed by atoms with Gasteiger partial charge in [-0.05, 0) is 58.6 Å². The summed E-state index contributed by atoms with van der Waals surface area (Å²) in [6, 6.07) is 8.02. The molecule has 1 fully saturated rings. The zero-order chi connectivity index (χ0) is 15.8. The van der Waals surface area contributed by atoms with Gasteiger partial charge in [-0.1, -0.05) is 24.3 Å². The minimum Gasteiger partial charge on any atom is -0.481 e. The smallest absolute Gasteiger partial charge is 0.307 e. The summed E-state index contributed by atoms with van der Waals surface area (Å²) in [4.78, 5) is 11.8. The third-order valence-corrected chi connectivity index (χ3v) is 4.65. The van der Waals surface area contributed by atoms with Crippen molar-refractivity contribution in [1.29, 1.82) is 0 Å². The summed E-state index contributed by atoms with van der Waals surface area (Å²) >= 11 is 0. The van der Waals surface area contributed by atoms with Crippen LogP contribution in [0, 0.1) is 18.8 Å². The van der Waals surface area contributed by atoms with E-state index >= 15 is 0 Å². The maximum absolute atomic E-state index is 11.8. The van der Waals surface area contributed by atoms with Crippen molar-refractivity contribution in [3.63, 3.8) is 0 Å². The first-order chi connectivity index (χ1) is 9.62. The van der Waals surface area contributed by atoms with Crippen molar-refractivity contribution in [1.82, 2.24) is 0 Å². The zero-order valence-corrected chi connectivity index (χ0v) is 13.6. The summed E-state index contributed by atoms with van der Waals surface area (Å²) in [5, 5.41) is 9.73. The van der Waals surface area contributed by atoms with Crippen molar-refractivity contribution < 1.29 is 14.6 Å². The second-order valence-corrected chi connectivity index (χ2v) is 7.35. The molecule has 3 heteroatoms. The molecule has 2 unspecified atom stereocenters. The van der Waals surface area contributed by atoms with Crippen LogP contribution in [0.3, 0.4) is 0 Å². The van der Waals surface area contributed by atoms with Crippen molar-refractivity contribution >= 4 is 5.97 Å². The molecule has 1 saturated heterocycles. The Morgan fingerprint density at radius 1 is 1.33 bits per heavy atom. The predicted octanol–water partition coefficient (Wildman–Crippen LogP) is 3.83. The molecule has 0 radical (unpaired) electrons. The number of carboxylic acids is 1. The van der Waals surface area contributed by atoms with Crippen LogP contribution in [-0.2, 0) is 16.0 Å². The molecule has 1 N–H and O–H groups in total. The second kappa shape index (κ2) is 5.45. The van der Waals surface area contributed by atoms with E-state index in [0.29, 0.717) is 6.42 Å². The summed E-state index contributed by atoms with van der Waals surface area (Å²) in [6.45, 7) is 10.2. The topological polar surface area (TPSA) is 46.5 Å². The van der Waals surface area contributed by atoms with Crippen LogP contribution >= 0.6 is 0 Å². The number of carboxylic acid groups (broad SMARTS) is 1. The van der Waals surface area contributed by atoms with Gasteiger partial charge < -0.3 is 9.84 Å². The molecule has 0 aromatic heterocycles. The largest absolute Gasteiger partial charge is 0.481 e. The standard InChI is InChI=1S/C18H26O3/c1-12-8-6-7-9-13(12)10-14(16(19)20)15-11-17(2,3)21-18(15,4)5/h6-9,14-15H,10-11H2,1-5H3,(H,19,20). The predicted molar refractivity (Wildman–Crippen MR) is 83.4 cm³/mol. The van der Waals surface area contributed by atoms with Gasteiger partial charge in [-0.15, -0.1) is 0 Å². The van der Waals surface area contributed by atoms with Gasteiger partial charge in [0.2, 0.25) is 0 Å². The summed E-state index contributed by atoms with van der Waals surface area (Å²) in [7, 11) is 0. The Balaban J connectivity index is 2.28. The minimum absolute atomic E-state index is 0.0182. The highest BCUT2D eigenvalue weighted by Crippen LogP contribution is 2.46. The van der Waals surface area contributed by atoms with E-state index < -0.39 is 17.5 Å². The third kappa shape index (κ3) is 3.46. The van der Waals surface area contributed by atoms with Crippen LogP contribution in [0.2, 0.25) is 0 Å². The van der Waals surface area contributed by atoms with Crippen LogP contribution in [0.15, 0.2) is 24.3 Å². The molecule has 1 aliphatic heterocycles. The van der Waals surface area contributed by atoms with E-state index in [9.17, 15) is 9.90 Å². The van der Waals surface area contributed by atoms with Crippen molar-refractivity contribution in [2.24, 2.45) is 11.8 Å². The lowest BCUT2D eigenvalue weighted by Crippen LogP contribution is -2.38. The van der Waals surface area contributed by atoms with Crippen LogP contribution in [0.4, 0.5) is 0 Å². The Labute approximate surface area is 127 Å². The average molecular weight is 290 g/mol.